The SMILES string of the molecule is Cc1nnc(N(C)C(=O)[C@@H](C)O)s1. The van der Waals surface area contributed by atoms with E-state index in [1.807, 2.05) is 6.92 Å². The summed E-state index contributed by atoms with van der Waals surface area (Å²) in [4.78, 5) is 12.6. The second-order valence-electron chi connectivity index (χ2n) is 2.68. The van der Waals surface area contributed by atoms with E-state index in [1.165, 1.54) is 23.2 Å². The van der Waals surface area contributed by atoms with Gasteiger partial charge in [-0.15, -0.1) is 10.2 Å². The van der Waals surface area contributed by atoms with Crippen molar-refractivity contribution in [3.63, 3.8) is 0 Å². The van der Waals surface area contributed by atoms with Gasteiger partial charge in [0.15, 0.2) is 0 Å². The first-order valence-electron chi connectivity index (χ1n) is 3.78. The maximum absolute atomic E-state index is 11.3. The van der Waals surface area contributed by atoms with Crippen LogP contribution in [-0.4, -0.2) is 34.4 Å². The molecule has 1 atom stereocenters. The predicted molar refractivity (Wildman–Crippen MR) is 49.7 cm³/mol. The van der Waals surface area contributed by atoms with Crippen LogP contribution in [-0.2, 0) is 4.79 Å². The Morgan fingerprint density at radius 1 is 1.62 bits per heavy atom. The van der Waals surface area contributed by atoms with Gasteiger partial charge in [-0.2, -0.15) is 0 Å². The molecule has 1 heterocycles. The smallest absolute Gasteiger partial charge is 0.257 e. The molecule has 0 unspecified atom stereocenters. The lowest BCUT2D eigenvalue weighted by Gasteiger charge is -2.14. The van der Waals surface area contributed by atoms with E-state index in [2.05, 4.69) is 10.2 Å². The van der Waals surface area contributed by atoms with Gasteiger partial charge in [-0.3, -0.25) is 9.69 Å². The van der Waals surface area contributed by atoms with Gasteiger partial charge in [-0.1, -0.05) is 11.3 Å². The lowest BCUT2D eigenvalue weighted by atomic mass is 10.4. The number of amides is 1. The molecule has 5 nitrogen and oxygen atoms in total. The van der Waals surface area contributed by atoms with Gasteiger partial charge >= 0.3 is 0 Å². The summed E-state index contributed by atoms with van der Waals surface area (Å²) in [6.07, 6.45) is -1.01. The van der Waals surface area contributed by atoms with Gasteiger partial charge in [-0.25, -0.2) is 0 Å². The molecule has 0 bridgehead atoms. The molecule has 1 amide bonds. The molecule has 0 aliphatic rings. The van der Waals surface area contributed by atoms with Crippen molar-refractivity contribution in [3.8, 4) is 0 Å². The molecule has 0 radical (unpaired) electrons. The van der Waals surface area contributed by atoms with Crippen LogP contribution in [0.2, 0.25) is 0 Å². The zero-order chi connectivity index (χ0) is 10.0. The molecule has 72 valence electrons. The summed E-state index contributed by atoms with van der Waals surface area (Å²) in [6, 6.07) is 0. The van der Waals surface area contributed by atoms with Crippen LogP contribution in [0.5, 0.6) is 0 Å². The molecule has 0 spiro atoms. The van der Waals surface area contributed by atoms with Crippen LogP contribution < -0.4 is 4.90 Å². The largest absolute Gasteiger partial charge is 0.384 e. The minimum Gasteiger partial charge on any atom is -0.384 e. The fourth-order valence-corrected chi connectivity index (χ4v) is 1.45. The third-order valence-electron chi connectivity index (χ3n) is 1.49. The van der Waals surface area contributed by atoms with Crippen LogP contribution >= 0.6 is 11.3 Å². The molecule has 1 aromatic rings. The average Bonchev–Trinajstić information content (AvgIpc) is 2.49. The Morgan fingerprint density at radius 2 is 2.23 bits per heavy atom. The third kappa shape index (κ3) is 2.22. The molecule has 13 heavy (non-hydrogen) atoms. The summed E-state index contributed by atoms with van der Waals surface area (Å²) in [5.41, 5.74) is 0. The van der Waals surface area contributed by atoms with Gasteiger partial charge in [0.05, 0.1) is 0 Å². The number of nitrogens with zero attached hydrogens (tertiary/aromatic N) is 3. The van der Waals surface area contributed by atoms with Crippen molar-refractivity contribution in [3.05, 3.63) is 5.01 Å². The van der Waals surface area contributed by atoms with Gasteiger partial charge in [0.1, 0.15) is 11.1 Å². The van der Waals surface area contributed by atoms with E-state index < -0.39 is 6.10 Å². The van der Waals surface area contributed by atoms with Gasteiger partial charge in [0, 0.05) is 7.05 Å². The first-order chi connectivity index (χ1) is 6.02. The number of carbonyl (C=O) groups excluding carboxylic acids is 1. The molecule has 6 heteroatoms. The highest BCUT2D eigenvalue weighted by Gasteiger charge is 2.18. The molecular weight excluding hydrogens is 190 g/mol. The lowest BCUT2D eigenvalue weighted by molar-refractivity contribution is -0.125. The molecule has 0 saturated heterocycles. The third-order valence-corrected chi connectivity index (χ3v) is 2.41. The average molecular weight is 201 g/mol. The number of rotatable bonds is 2. The number of aliphatic hydroxyl groups is 1. The summed E-state index contributed by atoms with van der Waals surface area (Å²) < 4.78 is 0. The highest BCUT2D eigenvalue weighted by Crippen LogP contribution is 2.18. The van der Waals surface area contributed by atoms with E-state index in [0.29, 0.717) is 5.13 Å². The van der Waals surface area contributed by atoms with Crippen molar-refractivity contribution in [1.82, 2.24) is 10.2 Å². The van der Waals surface area contributed by atoms with Crippen LogP contribution in [0.4, 0.5) is 5.13 Å². The highest BCUT2D eigenvalue weighted by molar-refractivity contribution is 7.15. The van der Waals surface area contributed by atoms with Crippen LogP contribution in [0.3, 0.4) is 0 Å². The zero-order valence-corrected chi connectivity index (χ0v) is 8.50. The monoisotopic (exact) mass is 201 g/mol. The number of anilines is 1. The topological polar surface area (TPSA) is 66.3 Å². The first-order valence-corrected chi connectivity index (χ1v) is 4.59. The number of aliphatic hydroxyl groups excluding tert-OH is 1. The zero-order valence-electron chi connectivity index (χ0n) is 7.68. The second kappa shape index (κ2) is 3.80. The molecule has 0 aliphatic heterocycles. The maximum atomic E-state index is 11.3. The summed E-state index contributed by atoms with van der Waals surface area (Å²) in [5.74, 6) is -0.379. The van der Waals surface area contributed by atoms with Gasteiger partial charge in [0.25, 0.3) is 5.91 Å². The van der Waals surface area contributed by atoms with Crippen molar-refractivity contribution < 1.29 is 9.90 Å². The summed E-state index contributed by atoms with van der Waals surface area (Å²) in [7, 11) is 1.56. The van der Waals surface area contributed by atoms with E-state index in [-0.39, 0.29) is 5.91 Å². The van der Waals surface area contributed by atoms with Crippen molar-refractivity contribution in [1.29, 1.82) is 0 Å². The Hall–Kier alpha value is -1.01. The van der Waals surface area contributed by atoms with Crippen LogP contribution in [0.25, 0.3) is 0 Å². The molecule has 1 N–H and O–H groups in total. The molecule has 0 aromatic carbocycles. The van der Waals surface area contributed by atoms with Crippen LogP contribution in [0, 0.1) is 6.92 Å². The molecule has 0 fully saturated rings. The number of hydrogen-bond acceptors (Lipinski definition) is 5. The van der Waals surface area contributed by atoms with Crippen molar-refractivity contribution in [2.24, 2.45) is 0 Å². The number of likely N-dealkylation sites (N-methyl/N-ethyl adjacent to an activating group) is 1. The van der Waals surface area contributed by atoms with Crippen LogP contribution in [0.15, 0.2) is 0 Å². The van der Waals surface area contributed by atoms with E-state index >= 15 is 0 Å². The first kappa shape index (κ1) is 10.1. The molecular formula is C7H11N3O2S. The second-order valence-corrected chi connectivity index (χ2v) is 3.84. The number of aryl methyl sites for hydroxylation is 1. The quantitative estimate of drug-likeness (QED) is 0.741. The molecule has 1 aromatic heterocycles. The fourth-order valence-electron chi connectivity index (χ4n) is 0.796. The lowest BCUT2D eigenvalue weighted by Crippen LogP contribution is -2.34. The predicted octanol–water partition coefficient (Wildman–Crippen LogP) is 0.190. The van der Waals surface area contributed by atoms with Crippen molar-refractivity contribution in [2.45, 2.75) is 20.0 Å². The van der Waals surface area contributed by atoms with Crippen LogP contribution in [0.1, 0.15) is 11.9 Å². The molecule has 0 saturated carbocycles. The number of hydrogen-bond donors (Lipinski definition) is 1. The summed E-state index contributed by atoms with van der Waals surface area (Å²) in [5, 5.41) is 17.9. The van der Waals surface area contributed by atoms with E-state index in [1.54, 1.807) is 7.05 Å². The van der Waals surface area contributed by atoms with Crippen molar-refractivity contribution >= 4 is 22.4 Å². The maximum Gasteiger partial charge on any atom is 0.257 e. The van der Waals surface area contributed by atoms with E-state index in [9.17, 15) is 4.79 Å². The van der Waals surface area contributed by atoms with E-state index in [4.69, 9.17) is 5.11 Å². The number of aromatic nitrogens is 2. The summed E-state index contributed by atoms with van der Waals surface area (Å²) >= 11 is 1.31. The van der Waals surface area contributed by atoms with Gasteiger partial charge in [-0.05, 0) is 13.8 Å². The minimum absolute atomic E-state index is 0.379. The standard InChI is InChI=1S/C7H11N3O2S/c1-4(11)6(12)10(3)7-9-8-5(2)13-7/h4,11H,1-3H3/t4-/m1/s1. The molecule has 1 rings (SSSR count). The Balaban J connectivity index is 2.79. The van der Waals surface area contributed by atoms with E-state index in [0.717, 1.165) is 5.01 Å². The Bertz CT molecular complexity index is 310. The minimum atomic E-state index is -1.01. The highest BCUT2D eigenvalue weighted by atomic mass is 32.1. The molecule has 0 aliphatic carbocycles. The Morgan fingerprint density at radius 3 is 2.62 bits per heavy atom. The Kier molecular flexibility index (Phi) is 2.94. The van der Waals surface area contributed by atoms with Crippen molar-refractivity contribution in [2.75, 3.05) is 11.9 Å². The van der Waals surface area contributed by atoms with Gasteiger partial charge < -0.3 is 5.11 Å². The normalized spacial score (nSPS) is 12.6. The van der Waals surface area contributed by atoms with Gasteiger partial charge in [0.2, 0.25) is 5.13 Å². The fraction of sp³-hybridized carbons (Fsp3) is 0.571. The summed E-state index contributed by atoms with van der Waals surface area (Å²) in [6.45, 7) is 3.23. The Labute approximate surface area is 80.0 Å². The number of carbonyl (C=O) groups is 1.